The zero-order valence-electron chi connectivity index (χ0n) is 24.2. The second-order valence-electron chi connectivity index (χ2n) is 12.9. The number of allylic oxidation sites excluding steroid dienone is 1. The van der Waals surface area contributed by atoms with E-state index in [0.29, 0.717) is 6.42 Å². The maximum Gasteiger partial charge on any atom is 0.243 e. The van der Waals surface area contributed by atoms with Crippen LogP contribution in [0.25, 0.3) is 0 Å². The molecular weight excluding hydrogens is 478 g/mol. The van der Waals surface area contributed by atoms with Crippen LogP contribution in [-0.4, -0.2) is 59.0 Å². The van der Waals surface area contributed by atoms with E-state index in [1.165, 1.54) is 0 Å². The summed E-state index contributed by atoms with van der Waals surface area (Å²) in [7, 11) is 1.60. The average molecular weight is 526 g/mol. The summed E-state index contributed by atoms with van der Waals surface area (Å²) in [5.41, 5.74) is 0.469. The van der Waals surface area contributed by atoms with Crippen molar-refractivity contribution in [1.29, 1.82) is 0 Å². The first-order valence-corrected chi connectivity index (χ1v) is 14.0. The van der Waals surface area contributed by atoms with E-state index in [9.17, 15) is 19.5 Å². The molecule has 0 aromatic heterocycles. The smallest absolute Gasteiger partial charge is 0.243 e. The fraction of sp³-hybridized carbons (Fsp3) is 0.645. The molecule has 0 spiro atoms. The van der Waals surface area contributed by atoms with Gasteiger partial charge in [0.15, 0.2) is 0 Å². The number of nitrogens with zero attached hydrogens (tertiary/aromatic N) is 1. The summed E-state index contributed by atoms with van der Waals surface area (Å²) in [4.78, 5) is 43.1. The first-order valence-electron chi connectivity index (χ1n) is 14.0. The Balaban J connectivity index is 2.05. The number of carbonyl (C=O) groups is 3. The molecule has 3 rings (SSSR count). The van der Waals surface area contributed by atoms with Crippen molar-refractivity contribution in [2.75, 3.05) is 13.7 Å². The van der Waals surface area contributed by atoms with Gasteiger partial charge in [-0.05, 0) is 50.0 Å². The Morgan fingerprint density at radius 1 is 1.05 bits per heavy atom. The molecule has 38 heavy (non-hydrogen) atoms. The van der Waals surface area contributed by atoms with Crippen LogP contribution in [0.3, 0.4) is 0 Å². The minimum atomic E-state index is -0.807. The Bertz CT molecular complexity index is 1010. The molecule has 1 aliphatic carbocycles. The normalized spacial score (nSPS) is 26.2. The standard InChI is InChI=1S/C31H47N3O4/c1-8-12-21-15-16-23-25(24(21)27(36)32-7)29(38)34(22(18-35)17-20-13-10-9-11-14-20)26(23)28(37)33-31(5,6)19-30(2,3)4/h9-11,13-16,21-26,35H,8,12,17-19H2,1-7H3,(H,32,36)(H,33,37)/t21-,22-,23+,24-,25+,26+/m1/s1. The number of aliphatic hydroxyl groups is 1. The molecule has 1 aromatic carbocycles. The van der Waals surface area contributed by atoms with Crippen LogP contribution < -0.4 is 10.6 Å². The Morgan fingerprint density at radius 3 is 2.26 bits per heavy atom. The zero-order valence-corrected chi connectivity index (χ0v) is 24.2. The van der Waals surface area contributed by atoms with Crippen molar-refractivity contribution in [2.24, 2.45) is 29.1 Å². The van der Waals surface area contributed by atoms with Crippen molar-refractivity contribution in [2.45, 2.75) is 84.8 Å². The van der Waals surface area contributed by atoms with Crippen LogP contribution in [0.15, 0.2) is 42.5 Å². The second-order valence-corrected chi connectivity index (χ2v) is 12.9. The molecule has 1 aliphatic heterocycles. The van der Waals surface area contributed by atoms with Crippen LogP contribution in [-0.2, 0) is 20.8 Å². The van der Waals surface area contributed by atoms with Gasteiger partial charge in [0.1, 0.15) is 6.04 Å². The van der Waals surface area contributed by atoms with Crippen molar-refractivity contribution >= 4 is 17.7 Å². The molecule has 7 heteroatoms. The van der Waals surface area contributed by atoms with Crippen LogP contribution in [0.5, 0.6) is 0 Å². The quantitative estimate of drug-likeness (QED) is 0.406. The lowest BCUT2D eigenvalue weighted by Crippen LogP contribution is -2.57. The summed E-state index contributed by atoms with van der Waals surface area (Å²) < 4.78 is 0. The molecule has 0 saturated carbocycles. The highest BCUT2D eigenvalue weighted by atomic mass is 16.3. The first-order chi connectivity index (χ1) is 17.8. The van der Waals surface area contributed by atoms with E-state index in [2.05, 4.69) is 38.3 Å². The molecule has 6 atom stereocenters. The lowest BCUT2D eigenvalue weighted by atomic mass is 9.68. The molecule has 1 fully saturated rings. The van der Waals surface area contributed by atoms with Crippen molar-refractivity contribution in [3.05, 3.63) is 48.0 Å². The van der Waals surface area contributed by atoms with Gasteiger partial charge >= 0.3 is 0 Å². The molecular formula is C31H47N3O4. The number of carbonyl (C=O) groups excluding carboxylic acids is 3. The Kier molecular flexibility index (Phi) is 9.45. The van der Waals surface area contributed by atoms with Crippen molar-refractivity contribution < 1.29 is 19.5 Å². The third-order valence-electron chi connectivity index (χ3n) is 7.84. The predicted molar refractivity (Wildman–Crippen MR) is 150 cm³/mol. The lowest BCUT2D eigenvalue weighted by molar-refractivity contribution is -0.143. The maximum absolute atomic E-state index is 14.2. The molecule has 210 valence electrons. The van der Waals surface area contributed by atoms with Gasteiger partial charge in [0.05, 0.1) is 24.5 Å². The van der Waals surface area contributed by atoms with Crippen LogP contribution in [0.4, 0.5) is 0 Å². The molecule has 1 saturated heterocycles. The van der Waals surface area contributed by atoms with Crippen LogP contribution in [0, 0.1) is 29.1 Å². The molecule has 1 heterocycles. The maximum atomic E-state index is 14.2. The summed E-state index contributed by atoms with van der Waals surface area (Å²) in [6, 6.07) is 8.30. The monoisotopic (exact) mass is 525 g/mol. The molecule has 0 unspecified atom stereocenters. The molecule has 2 aliphatic rings. The zero-order chi connectivity index (χ0) is 28.3. The average Bonchev–Trinajstić information content (AvgIpc) is 3.13. The number of aliphatic hydroxyl groups excluding tert-OH is 1. The summed E-state index contributed by atoms with van der Waals surface area (Å²) in [6.07, 6.45) is 6.87. The van der Waals surface area contributed by atoms with Gasteiger partial charge in [-0.3, -0.25) is 14.4 Å². The van der Waals surface area contributed by atoms with Crippen LogP contribution in [0.1, 0.15) is 66.4 Å². The van der Waals surface area contributed by atoms with Crippen molar-refractivity contribution in [1.82, 2.24) is 15.5 Å². The minimum Gasteiger partial charge on any atom is -0.394 e. The summed E-state index contributed by atoms with van der Waals surface area (Å²) in [5.74, 6) is -2.36. The molecule has 1 aromatic rings. The van der Waals surface area contributed by atoms with E-state index >= 15 is 0 Å². The molecule has 0 radical (unpaired) electrons. The van der Waals surface area contributed by atoms with Gasteiger partial charge in [-0.15, -0.1) is 0 Å². The Labute approximate surface area is 228 Å². The van der Waals surface area contributed by atoms with E-state index < -0.39 is 35.4 Å². The van der Waals surface area contributed by atoms with Gasteiger partial charge in [0, 0.05) is 18.5 Å². The summed E-state index contributed by atoms with van der Waals surface area (Å²) in [5, 5.41) is 16.5. The van der Waals surface area contributed by atoms with Gasteiger partial charge in [-0.2, -0.15) is 0 Å². The summed E-state index contributed by atoms with van der Waals surface area (Å²) in [6.45, 7) is 12.2. The van der Waals surface area contributed by atoms with E-state index in [4.69, 9.17) is 0 Å². The largest absolute Gasteiger partial charge is 0.394 e. The van der Waals surface area contributed by atoms with Gasteiger partial charge in [-0.25, -0.2) is 0 Å². The first kappa shape index (κ1) is 29.9. The Hall–Kier alpha value is -2.67. The summed E-state index contributed by atoms with van der Waals surface area (Å²) >= 11 is 0. The fourth-order valence-corrected chi connectivity index (χ4v) is 6.89. The molecule has 0 bridgehead atoms. The number of nitrogens with one attached hydrogen (secondary N) is 2. The van der Waals surface area contributed by atoms with Crippen LogP contribution in [0.2, 0.25) is 0 Å². The third kappa shape index (κ3) is 6.66. The molecule has 3 N–H and O–H groups in total. The molecule has 3 amide bonds. The van der Waals surface area contributed by atoms with E-state index in [0.717, 1.165) is 24.8 Å². The number of hydrogen-bond donors (Lipinski definition) is 3. The van der Waals surface area contributed by atoms with Gasteiger partial charge in [0.2, 0.25) is 17.7 Å². The topological polar surface area (TPSA) is 98.7 Å². The minimum absolute atomic E-state index is 0.00608. The van der Waals surface area contributed by atoms with Crippen molar-refractivity contribution in [3.63, 3.8) is 0 Å². The van der Waals surface area contributed by atoms with Crippen LogP contribution >= 0.6 is 0 Å². The van der Waals surface area contributed by atoms with E-state index in [-0.39, 0.29) is 35.7 Å². The predicted octanol–water partition coefficient (Wildman–Crippen LogP) is 3.71. The highest BCUT2D eigenvalue weighted by Gasteiger charge is 2.58. The van der Waals surface area contributed by atoms with Gasteiger partial charge in [0.25, 0.3) is 0 Å². The SMILES string of the molecule is CCC[C@@H]1C=C[C@H]2[C@H](C(=O)N([C@@H](CO)Cc3ccccc3)[C@@H]2C(=O)NC(C)(C)CC(C)(C)C)[C@@H]1C(=O)NC. The van der Waals surface area contributed by atoms with Crippen molar-refractivity contribution in [3.8, 4) is 0 Å². The van der Waals surface area contributed by atoms with E-state index in [1.807, 2.05) is 56.3 Å². The Morgan fingerprint density at radius 2 is 1.71 bits per heavy atom. The number of amides is 3. The number of hydrogen-bond acceptors (Lipinski definition) is 4. The number of rotatable bonds is 10. The lowest BCUT2D eigenvalue weighted by Gasteiger charge is -2.38. The third-order valence-corrected chi connectivity index (χ3v) is 7.84. The number of benzene rings is 1. The fourth-order valence-electron chi connectivity index (χ4n) is 6.89. The van der Waals surface area contributed by atoms with E-state index in [1.54, 1.807) is 11.9 Å². The number of fused-ring (bicyclic) bond motifs is 1. The molecule has 7 nitrogen and oxygen atoms in total. The number of likely N-dealkylation sites (tertiary alicyclic amines) is 1. The highest BCUT2D eigenvalue weighted by Crippen LogP contribution is 2.46. The van der Waals surface area contributed by atoms with Gasteiger partial charge < -0.3 is 20.6 Å². The highest BCUT2D eigenvalue weighted by molar-refractivity contribution is 5.97. The second kappa shape index (κ2) is 12.0. The van der Waals surface area contributed by atoms with Gasteiger partial charge in [-0.1, -0.05) is 76.6 Å².